The molecule has 5 rings (SSSR count). The van der Waals surface area contributed by atoms with E-state index >= 15 is 0 Å². The van der Waals surface area contributed by atoms with Crippen LogP contribution in [0.4, 0.5) is 0 Å². The van der Waals surface area contributed by atoms with Gasteiger partial charge in [0, 0.05) is 11.1 Å². The van der Waals surface area contributed by atoms with Crippen LogP contribution in [0.2, 0.25) is 0 Å². The molecule has 1 aliphatic carbocycles. The molecule has 154 valence electrons. The molecule has 0 atom stereocenters. The summed E-state index contributed by atoms with van der Waals surface area (Å²) in [6.45, 7) is 0. The minimum absolute atomic E-state index is 0.0667. The smallest absolute Gasteiger partial charge is 0.335 e. The predicted octanol–water partition coefficient (Wildman–Crippen LogP) is 5.63. The highest BCUT2D eigenvalue weighted by Crippen LogP contribution is 2.40. The summed E-state index contributed by atoms with van der Waals surface area (Å²) in [6.07, 6.45) is 0. The maximum absolute atomic E-state index is 13.2. The molecule has 2 N–H and O–H groups in total. The van der Waals surface area contributed by atoms with Gasteiger partial charge in [0.25, 0.3) is 0 Å². The van der Waals surface area contributed by atoms with E-state index in [4.69, 9.17) is 10.2 Å². The molecule has 0 spiro atoms. The largest absolute Gasteiger partial charge is 0.478 e. The van der Waals surface area contributed by atoms with Crippen molar-refractivity contribution in [3.63, 3.8) is 0 Å². The van der Waals surface area contributed by atoms with Crippen LogP contribution in [-0.2, 0) is 0 Å². The monoisotopic (exact) mass is 420 g/mol. The summed E-state index contributed by atoms with van der Waals surface area (Å²) in [6, 6.07) is 24.5. The molecule has 5 nitrogen and oxygen atoms in total. The third-order valence-corrected chi connectivity index (χ3v) is 5.75. The van der Waals surface area contributed by atoms with Crippen LogP contribution < -0.4 is 0 Å². The van der Waals surface area contributed by atoms with E-state index in [2.05, 4.69) is 0 Å². The van der Waals surface area contributed by atoms with E-state index in [1.807, 2.05) is 36.4 Å². The van der Waals surface area contributed by atoms with E-state index < -0.39 is 11.9 Å². The van der Waals surface area contributed by atoms with Gasteiger partial charge in [0.1, 0.15) is 0 Å². The van der Waals surface area contributed by atoms with Gasteiger partial charge < -0.3 is 10.2 Å². The maximum Gasteiger partial charge on any atom is 0.335 e. The summed E-state index contributed by atoms with van der Waals surface area (Å²) >= 11 is 0. The van der Waals surface area contributed by atoms with Crippen LogP contribution in [0.5, 0.6) is 0 Å². The number of carbonyl (C=O) groups is 3. The molecule has 4 aromatic carbocycles. The van der Waals surface area contributed by atoms with Gasteiger partial charge in [-0.1, -0.05) is 48.5 Å². The Kier molecular flexibility index (Phi) is 4.45. The molecule has 5 heteroatoms. The van der Waals surface area contributed by atoms with Crippen molar-refractivity contribution in [2.75, 3.05) is 0 Å². The van der Waals surface area contributed by atoms with Crippen LogP contribution >= 0.6 is 0 Å². The van der Waals surface area contributed by atoms with E-state index in [9.17, 15) is 14.4 Å². The van der Waals surface area contributed by atoms with Crippen LogP contribution in [0, 0.1) is 0 Å². The molecule has 32 heavy (non-hydrogen) atoms. The van der Waals surface area contributed by atoms with Crippen LogP contribution in [0.1, 0.15) is 36.6 Å². The number of aromatic carboxylic acids is 2. The van der Waals surface area contributed by atoms with Crippen molar-refractivity contribution in [3.8, 4) is 33.4 Å². The Morgan fingerprint density at radius 2 is 0.812 bits per heavy atom. The molecule has 0 aromatic heterocycles. The molecule has 0 radical (unpaired) electrons. The molecule has 0 amide bonds. The van der Waals surface area contributed by atoms with Crippen molar-refractivity contribution >= 4 is 17.7 Å². The lowest BCUT2D eigenvalue weighted by Gasteiger charge is -2.06. The van der Waals surface area contributed by atoms with Gasteiger partial charge in [-0.2, -0.15) is 0 Å². The molecule has 0 saturated carbocycles. The number of hydrogen-bond acceptors (Lipinski definition) is 3. The van der Waals surface area contributed by atoms with Gasteiger partial charge >= 0.3 is 11.9 Å². The van der Waals surface area contributed by atoms with Gasteiger partial charge in [0.05, 0.1) is 11.1 Å². The SMILES string of the molecule is O=C(O)c1ccc(-c2ccc3c(c2)C(=O)c2cc(-c4ccc(C(=O)O)cc4)ccc2-3)cc1. The van der Waals surface area contributed by atoms with Crippen molar-refractivity contribution in [1.82, 2.24) is 0 Å². The fraction of sp³-hybridized carbons (Fsp3) is 0. The van der Waals surface area contributed by atoms with Crippen LogP contribution in [0.25, 0.3) is 33.4 Å². The summed E-state index contributed by atoms with van der Waals surface area (Å²) in [4.78, 5) is 35.3. The van der Waals surface area contributed by atoms with Crippen molar-refractivity contribution < 1.29 is 24.6 Å². The molecular formula is C27H16O5. The number of carbonyl (C=O) groups excluding carboxylic acids is 1. The number of carboxylic acid groups (broad SMARTS) is 2. The van der Waals surface area contributed by atoms with Crippen LogP contribution in [0.3, 0.4) is 0 Å². The molecule has 4 aromatic rings. The van der Waals surface area contributed by atoms with Gasteiger partial charge in [-0.05, 0) is 69.8 Å². The average Bonchev–Trinajstić information content (AvgIpc) is 3.10. The molecule has 0 fully saturated rings. The molecular weight excluding hydrogens is 404 g/mol. The zero-order chi connectivity index (χ0) is 22.4. The Hall–Kier alpha value is -4.51. The first-order valence-electron chi connectivity index (χ1n) is 9.93. The standard InChI is InChI=1S/C27H16O5/c28-25-23-13-19(15-1-5-17(6-2-15)26(29)30)9-11-21(23)22-12-10-20(14-24(22)25)16-3-7-18(8-4-16)27(31)32/h1-14H,(H,29,30)(H,31,32). The molecule has 0 aliphatic heterocycles. The van der Waals surface area contributed by atoms with Crippen molar-refractivity contribution in [2.45, 2.75) is 0 Å². The summed E-state index contributed by atoms with van der Waals surface area (Å²) < 4.78 is 0. The van der Waals surface area contributed by atoms with Gasteiger partial charge in [0.15, 0.2) is 5.78 Å². The lowest BCUT2D eigenvalue weighted by atomic mass is 9.97. The van der Waals surface area contributed by atoms with Gasteiger partial charge in [-0.25, -0.2) is 9.59 Å². The summed E-state index contributed by atoms with van der Waals surface area (Å²) in [7, 11) is 0. The number of fused-ring (bicyclic) bond motifs is 3. The van der Waals surface area contributed by atoms with Crippen molar-refractivity contribution in [3.05, 3.63) is 107 Å². The lowest BCUT2D eigenvalue weighted by Crippen LogP contribution is -1.97. The Bertz CT molecular complexity index is 1300. The topological polar surface area (TPSA) is 91.7 Å². The zero-order valence-electron chi connectivity index (χ0n) is 16.7. The highest BCUT2D eigenvalue weighted by molar-refractivity contribution is 6.22. The fourth-order valence-electron chi connectivity index (χ4n) is 4.05. The third kappa shape index (κ3) is 3.17. The number of ketones is 1. The van der Waals surface area contributed by atoms with E-state index in [1.54, 1.807) is 48.5 Å². The normalized spacial score (nSPS) is 11.7. The Labute approximate surface area is 183 Å². The van der Waals surface area contributed by atoms with Crippen molar-refractivity contribution in [1.29, 1.82) is 0 Å². The number of hydrogen-bond donors (Lipinski definition) is 2. The van der Waals surface area contributed by atoms with E-state index in [0.29, 0.717) is 11.1 Å². The summed E-state index contributed by atoms with van der Waals surface area (Å²) in [5, 5.41) is 18.2. The average molecular weight is 420 g/mol. The maximum atomic E-state index is 13.2. The third-order valence-electron chi connectivity index (χ3n) is 5.75. The van der Waals surface area contributed by atoms with Crippen LogP contribution in [0.15, 0.2) is 84.9 Å². The fourth-order valence-corrected chi connectivity index (χ4v) is 4.05. The second-order valence-electron chi connectivity index (χ2n) is 7.61. The first kappa shape index (κ1) is 19.5. The molecule has 0 bridgehead atoms. The first-order chi connectivity index (χ1) is 15.4. The summed E-state index contributed by atoms with van der Waals surface area (Å²) in [5.74, 6) is -2.03. The second-order valence-corrected chi connectivity index (χ2v) is 7.61. The first-order valence-corrected chi connectivity index (χ1v) is 9.93. The zero-order valence-corrected chi connectivity index (χ0v) is 16.7. The van der Waals surface area contributed by atoms with Gasteiger partial charge in [-0.15, -0.1) is 0 Å². The van der Waals surface area contributed by atoms with Crippen LogP contribution in [-0.4, -0.2) is 27.9 Å². The highest BCUT2D eigenvalue weighted by Gasteiger charge is 2.27. The van der Waals surface area contributed by atoms with E-state index in [0.717, 1.165) is 33.4 Å². The predicted molar refractivity (Wildman–Crippen MR) is 120 cm³/mol. The van der Waals surface area contributed by atoms with Gasteiger partial charge in [-0.3, -0.25) is 4.79 Å². The molecule has 1 aliphatic rings. The molecule has 0 heterocycles. The molecule has 0 saturated heterocycles. The number of benzene rings is 4. The van der Waals surface area contributed by atoms with E-state index in [1.165, 1.54) is 0 Å². The molecule has 0 unspecified atom stereocenters. The second kappa shape index (κ2) is 7.32. The van der Waals surface area contributed by atoms with E-state index in [-0.39, 0.29) is 16.9 Å². The minimum Gasteiger partial charge on any atom is -0.478 e. The Balaban J connectivity index is 1.50. The highest BCUT2D eigenvalue weighted by atomic mass is 16.4. The lowest BCUT2D eigenvalue weighted by molar-refractivity contribution is 0.0686. The number of carboxylic acids is 2. The summed E-state index contributed by atoms with van der Waals surface area (Å²) in [5.41, 5.74) is 6.72. The quantitative estimate of drug-likeness (QED) is 0.393. The Morgan fingerprint density at radius 1 is 0.469 bits per heavy atom. The van der Waals surface area contributed by atoms with Gasteiger partial charge in [0.2, 0.25) is 0 Å². The minimum atomic E-state index is -0.982. The van der Waals surface area contributed by atoms with Crippen molar-refractivity contribution in [2.24, 2.45) is 0 Å². The number of rotatable bonds is 4. The Morgan fingerprint density at radius 3 is 1.16 bits per heavy atom.